The standard InChI is InChI=1S/C19H14ClN3OS2/c1-24-18-10-12(20)2-4-16(18)14-6-7-21-17-11-13(3-5-15(14)17)26-23-19-22-8-9-25-19/h2-11H,1H3,(H,22,23). The van der Waals surface area contributed by atoms with Crippen molar-refractivity contribution < 1.29 is 4.74 Å². The second-order valence-electron chi connectivity index (χ2n) is 5.42. The molecule has 0 aliphatic rings. The van der Waals surface area contributed by atoms with E-state index < -0.39 is 0 Å². The van der Waals surface area contributed by atoms with Crippen LogP contribution in [0.2, 0.25) is 5.02 Å². The number of aromatic nitrogens is 2. The van der Waals surface area contributed by atoms with Crippen molar-refractivity contribution in [3.63, 3.8) is 0 Å². The maximum Gasteiger partial charge on any atom is 0.192 e. The highest BCUT2D eigenvalue weighted by Gasteiger charge is 2.11. The van der Waals surface area contributed by atoms with Crippen LogP contribution in [0.25, 0.3) is 22.0 Å². The Morgan fingerprint density at radius 2 is 1.96 bits per heavy atom. The highest BCUT2D eigenvalue weighted by atomic mass is 35.5. The lowest BCUT2D eigenvalue weighted by Crippen LogP contribution is -1.91. The van der Waals surface area contributed by atoms with Gasteiger partial charge in [-0.25, -0.2) is 4.98 Å². The molecule has 4 aromatic rings. The number of hydrogen-bond donors (Lipinski definition) is 1. The number of ether oxygens (including phenoxy) is 1. The zero-order chi connectivity index (χ0) is 17.9. The summed E-state index contributed by atoms with van der Waals surface area (Å²) in [6.07, 6.45) is 3.59. The molecule has 4 nitrogen and oxygen atoms in total. The maximum absolute atomic E-state index is 6.09. The molecule has 0 saturated carbocycles. The summed E-state index contributed by atoms with van der Waals surface area (Å²) in [5, 5.41) is 4.53. The van der Waals surface area contributed by atoms with E-state index in [1.165, 1.54) is 11.9 Å². The van der Waals surface area contributed by atoms with Crippen molar-refractivity contribution in [1.29, 1.82) is 0 Å². The lowest BCUT2D eigenvalue weighted by Gasteiger charge is -2.12. The van der Waals surface area contributed by atoms with Crippen LogP contribution in [0.3, 0.4) is 0 Å². The molecular formula is C19H14ClN3OS2. The predicted molar refractivity (Wildman–Crippen MR) is 110 cm³/mol. The molecule has 2 heterocycles. The van der Waals surface area contributed by atoms with Gasteiger partial charge in [0.2, 0.25) is 0 Å². The van der Waals surface area contributed by atoms with E-state index >= 15 is 0 Å². The topological polar surface area (TPSA) is 47.0 Å². The quantitative estimate of drug-likeness (QED) is 0.408. The van der Waals surface area contributed by atoms with Gasteiger partial charge in [0, 0.05) is 38.6 Å². The van der Waals surface area contributed by atoms with Gasteiger partial charge < -0.3 is 9.46 Å². The minimum atomic E-state index is 0.649. The third-order valence-corrected chi connectivity index (χ3v) is 5.69. The molecule has 7 heteroatoms. The van der Waals surface area contributed by atoms with Gasteiger partial charge in [0.05, 0.1) is 12.6 Å². The summed E-state index contributed by atoms with van der Waals surface area (Å²) in [5.41, 5.74) is 2.98. The number of benzene rings is 2. The van der Waals surface area contributed by atoms with E-state index in [2.05, 4.69) is 32.9 Å². The SMILES string of the molecule is COc1cc(Cl)ccc1-c1ccnc2cc(SNc3nccs3)ccc12. The van der Waals surface area contributed by atoms with Crippen molar-refractivity contribution in [3.8, 4) is 16.9 Å². The Labute approximate surface area is 164 Å². The summed E-state index contributed by atoms with van der Waals surface area (Å²) < 4.78 is 8.75. The van der Waals surface area contributed by atoms with Crippen molar-refractivity contribution in [2.45, 2.75) is 4.90 Å². The predicted octanol–water partition coefficient (Wildman–Crippen LogP) is 6.14. The van der Waals surface area contributed by atoms with Gasteiger partial charge >= 0.3 is 0 Å². The average Bonchev–Trinajstić information content (AvgIpc) is 3.19. The molecule has 4 rings (SSSR count). The molecule has 130 valence electrons. The van der Waals surface area contributed by atoms with Crippen molar-refractivity contribution in [2.75, 3.05) is 11.8 Å². The molecule has 0 unspecified atom stereocenters. The molecule has 0 saturated heterocycles. The van der Waals surface area contributed by atoms with Crippen molar-refractivity contribution in [1.82, 2.24) is 9.97 Å². The van der Waals surface area contributed by atoms with Gasteiger partial charge in [0.15, 0.2) is 5.13 Å². The number of rotatable bonds is 5. The van der Waals surface area contributed by atoms with Crippen molar-refractivity contribution in [3.05, 3.63) is 65.3 Å². The number of pyridine rings is 1. The number of nitrogens with one attached hydrogen (secondary N) is 1. The summed E-state index contributed by atoms with van der Waals surface area (Å²) in [4.78, 5) is 9.81. The molecule has 0 spiro atoms. The Bertz CT molecular complexity index is 1050. The molecule has 0 aliphatic heterocycles. The highest BCUT2D eigenvalue weighted by Crippen LogP contribution is 2.37. The van der Waals surface area contributed by atoms with E-state index in [9.17, 15) is 0 Å². The number of thiazole rings is 1. The number of methoxy groups -OCH3 is 1. The molecule has 1 N–H and O–H groups in total. The molecule has 0 bridgehead atoms. The average molecular weight is 400 g/mol. The van der Waals surface area contributed by atoms with Gasteiger partial charge in [-0.2, -0.15) is 0 Å². The summed E-state index contributed by atoms with van der Waals surface area (Å²) in [6, 6.07) is 13.9. The van der Waals surface area contributed by atoms with Crippen LogP contribution >= 0.6 is 34.9 Å². The van der Waals surface area contributed by atoms with E-state index in [-0.39, 0.29) is 0 Å². The first-order valence-corrected chi connectivity index (χ1v) is 9.87. The molecule has 26 heavy (non-hydrogen) atoms. The number of hydrogen-bond acceptors (Lipinski definition) is 6. The Hall–Kier alpha value is -2.28. The van der Waals surface area contributed by atoms with Gasteiger partial charge in [0.25, 0.3) is 0 Å². The molecule has 2 aromatic carbocycles. The van der Waals surface area contributed by atoms with Crippen LogP contribution in [-0.4, -0.2) is 17.1 Å². The minimum Gasteiger partial charge on any atom is -0.496 e. The highest BCUT2D eigenvalue weighted by molar-refractivity contribution is 8.00. The van der Waals surface area contributed by atoms with Gasteiger partial charge in [-0.15, -0.1) is 11.3 Å². The van der Waals surface area contributed by atoms with Crippen LogP contribution in [-0.2, 0) is 0 Å². The first kappa shape index (κ1) is 17.1. The van der Waals surface area contributed by atoms with Crippen molar-refractivity contribution in [2.24, 2.45) is 0 Å². The summed E-state index contributed by atoms with van der Waals surface area (Å²) >= 11 is 9.18. The summed E-state index contributed by atoms with van der Waals surface area (Å²) in [7, 11) is 1.65. The van der Waals surface area contributed by atoms with Crippen LogP contribution in [0.5, 0.6) is 5.75 Å². The molecule has 0 radical (unpaired) electrons. The molecule has 0 aliphatic carbocycles. The van der Waals surface area contributed by atoms with Crippen molar-refractivity contribution >= 4 is 50.9 Å². The third-order valence-electron chi connectivity index (χ3n) is 3.86. The van der Waals surface area contributed by atoms with Gasteiger partial charge in [-0.05, 0) is 53.9 Å². The molecule has 0 fully saturated rings. The monoisotopic (exact) mass is 399 g/mol. The Kier molecular flexibility index (Phi) is 4.97. The number of nitrogens with zero attached hydrogens (tertiary/aromatic N) is 2. The van der Waals surface area contributed by atoms with Crippen LogP contribution in [0.15, 0.2) is 65.1 Å². The van der Waals surface area contributed by atoms with E-state index in [0.717, 1.165) is 37.8 Å². The van der Waals surface area contributed by atoms with Gasteiger partial charge in [-0.3, -0.25) is 4.98 Å². The normalized spacial score (nSPS) is 10.8. The molecule has 0 atom stereocenters. The largest absolute Gasteiger partial charge is 0.496 e. The Morgan fingerprint density at radius 3 is 2.77 bits per heavy atom. The molecule has 0 amide bonds. The summed E-state index contributed by atoms with van der Waals surface area (Å²) in [6.45, 7) is 0. The van der Waals surface area contributed by atoms with E-state index in [1.807, 2.05) is 35.8 Å². The third kappa shape index (κ3) is 3.49. The lowest BCUT2D eigenvalue weighted by molar-refractivity contribution is 0.416. The maximum atomic E-state index is 6.09. The van der Waals surface area contributed by atoms with Crippen LogP contribution in [0, 0.1) is 0 Å². The molecular weight excluding hydrogens is 386 g/mol. The first-order valence-electron chi connectivity index (χ1n) is 7.79. The fourth-order valence-electron chi connectivity index (χ4n) is 2.69. The Morgan fingerprint density at radius 1 is 1.04 bits per heavy atom. The number of fused-ring (bicyclic) bond motifs is 1. The zero-order valence-corrected chi connectivity index (χ0v) is 16.2. The van der Waals surface area contributed by atoms with E-state index in [0.29, 0.717) is 5.02 Å². The van der Waals surface area contributed by atoms with E-state index in [1.54, 1.807) is 24.6 Å². The number of anilines is 1. The van der Waals surface area contributed by atoms with Crippen LogP contribution in [0.4, 0.5) is 5.13 Å². The lowest BCUT2D eigenvalue weighted by atomic mass is 10.0. The minimum absolute atomic E-state index is 0.649. The van der Waals surface area contributed by atoms with E-state index in [4.69, 9.17) is 16.3 Å². The zero-order valence-electron chi connectivity index (χ0n) is 13.8. The fraction of sp³-hybridized carbons (Fsp3) is 0.0526. The van der Waals surface area contributed by atoms with Gasteiger partial charge in [0.1, 0.15) is 5.75 Å². The first-order chi connectivity index (χ1) is 12.7. The number of halogens is 1. The molecule has 2 aromatic heterocycles. The van der Waals surface area contributed by atoms with Crippen LogP contribution in [0.1, 0.15) is 0 Å². The fourth-order valence-corrected chi connectivity index (χ4v) is 4.11. The second-order valence-corrected chi connectivity index (χ2v) is 7.63. The Balaban J connectivity index is 1.71. The summed E-state index contributed by atoms with van der Waals surface area (Å²) in [5.74, 6) is 0.744. The second kappa shape index (κ2) is 7.53. The van der Waals surface area contributed by atoms with Gasteiger partial charge in [-0.1, -0.05) is 17.7 Å². The van der Waals surface area contributed by atoms with Crippen LogP contribution < -0.4 is 9.46 Å². The smallest absolute Gasteiger partial charge is 0.192 e.